The van der Waals surface area contributed by atoms with Gasteiger partial charge < -0.3 is 19.9 Å². The molecule has 0 saturated carbocycles. The highest BCUT2D eigenvalue weighted by molar-refractivity contribution is 14.0. The molecule has 28 heavy (non-hydrogen) atoms. The van der Waals surface area contributed by atoms with Crippen LogP contribution in [0.1, 0.15) is 11.4 Å². The number of pyridine rings is 1. The predicted octanol–water partition coefficient (Wildman–Crippen LogP) is 3.04. The molecule has 0 spiro atoms. The molecule has 1 aromatic carbocycles. The average Bonchev–Trinajstić information content (AvgIpc) is 3.11. The highest BCUT2D eigenvalue weighted by Crippen LogP contribution is 2.17. The van der Waals surface area contributed by atoms with Gasteiger partial charge in [-0.15, -0.1) is 24.0 Å². The first-order chi connectivity index (χ1) is 13.1. The van der Waals surface area contributed by atoms with Gasteiger partial charge in [-0.05, 0) is 43.3 Å². The number of anilines is 1. The third-order valence-corrected chi connectivity index (χ3v) is 4.94. The van der Waals surface area contributed by atoms with Crippen LogP contribution in [0.15, 0.2) is 53.7 Å². The summed E-state index contributed by atoms with van der Waals surface area (Å²) in [6, 6.07) is 12.7. The molecule has 0 amide bonds. The number of guanidine groups is 1. The van der Waals surface area contributed by atoms with Crippen LogP contribution in [-0.4, -0.2) is 46.4 Å². The molecule has 1 aliphatic rings. The quantitative estimate of drug-likeness (QED) is 0.346. The Morgan fingerprint density at radius 1 is 1.11 bits per heavy atom. The Kier molecular flexibility index (Phi) is 6.38. The molecule has 1 aliphatic heterocycles. The summed E-state index contributed by atoms with van der Waals surface area (Å²) in [5, 5.41) is 0. The van der Waals surface area contributed by atoms with E-state index in [0.717, 1.165) is 48.9 Å². The fourth-order valence-corrected chi connectivity index (χ4v) is 3.38. The SMILES string of the molecule is Cc1cccc2nc(CN=C(N)N3CCN(c4ccc(F)cc4)CC3)cn12.I. The van der Waals surface area contributed by atoms with Gasteiger partial charge in [-0.3, -0.25) is 0 Å². The molecule has 2 aromatic heterocycles. The summed E-state index contributed by atoms with van der Waals surface area (Å²) in [6.45, 7) is 5.75. The normalized spacial score (nSPS) is 15.0. The van der Waals surface area contributed by atoms with E-state index in [1.807, 2.05) is 30.5 Å². The minimum absolute atomic E-state index is 0. The number of aliphatic imine (C=N–C) groups is 1. The number of hydrogen-bond donors (Lipinski definition) is 1. The number of rotatable bonds is 3. The van der Waals surface area contributed by atoms with Gasteiger partial charge in [0.25, 0.3) is 0 Å². The fourth-order valence-electron chi connectivity index (χ4n) is 3.38. The van der Waals surface area contributed by atoms with Gasteiger partial charge in [-0.1, -0.05) is 6.07 Å². The first-order valence-corrected chi connectivity index (χ1v) is 9.09. The van der Waals surface area contributed by atoms with E-state index in [9.17, 15) is 4.39 Å². The topological polar surface area (TPSA) is 62.2 Å². The standard InChI is InChI=1S/C20H23FN6.HI/c1-15-3-2-4-19-24-17(14-27(15)19)13-23-20(22)26-11-9-25(10-12-26)18-7-5-16(21)6-8-18;/h2-8,14H,9-13H2,1H3,(H2,22,23);1H. The first-order valence-electron chi connectivity index (χ1n) is 9.09. The number of fused-ring (bicyclic) bond motifs is 1. The zero-order chi connectivity index (χ0) is 18.8. The maximum Gasteiger partial charge on any atom is 0.191 e. The second-order valence-electron chi connectivity index (χ2n) is 6.75. The van der Waals surface area contributed by atoms with Crippen molar-refractivity contribution >= 4 is 41.3 Å². The average molecular weight is 494 g/mol. The van der Waals surface area contributed by atoms with Gasteiger partial charge >= 0.3 is 0 Å². The highest BCUT2D eigenvalue weighted by Gasteiger charge is 2.18. The van der Waals surface area contributed by atoms with E-state index in [1.165, 1.54) is 12.1 Å². The Balaban J connectivity index is 0.00000225. The number of halogens is 2. The van der Waals surface area contributed by atoms with E-state index in [2.05, 4.69) is 37.2 Å². The van der Waals surface area contributed by atoms with Crippen LogP contribution in [0.3, 0.4) is 0 Å². The van der Waals surface area contributed by atoms with Crippen molar-refractivity contribution in [3.8, 4) is 0 Å². The molecular weight excluding hydrogens is 470 g/mol. The fraction of sp³-hybridized carbons (Fsp3) is 0.300. The molecule has 1 fully saturated rings. The van der Waals surface area contributed by atoms with Crippen molar-refractivity contribution in [1.29, 1.82) is 0 Å². The lowest BCUT2D eigenvalue weighted by Crippen LogP contribution is -2.51. The van der Waals surface area contributed by atoms with Crippen molar-refractivity contribution < 1.29 is 4.39 Å². The molecule has 6 nitrogen and oxygen atoms in total. The van der Waals surface area contributed by atoms with E-state index in [1.54, 1.807) is 0 Å². The number of aromatic nitrogens is 2. The molecule has 0 unspecified atom stereocenters. The Bertz CT molecular complexity index is 960. The van der Waals surface area contributed by atoms with Gasteiger partial charge in [0.2, 0.25) is 0 Å². The van der Waals surface area contributed by atoms with Crippen molar-refractivity contribution in [2.45, 2.75) is 13.5 Å². The van der Waals surface area contributed by atoms with Crippen molar-refractivity contribution in [2.75, 3.05) is 31.1 Å². The number of hydrogen-bond acceptors (Lipinski definition) is 3. The Morgan fingerprint density at radius 3 is 2.50 bits per heavy atom. The maximum absolute atomic E-state index is 13.1. The summed E-state index contributed by atoms with van der Waals surface area (Å²) >= 11 is 0. The van der Waals surface area contributed by atoms with Crippen LogP contribution in [-0.2, 0) is 6.54 Å². The van der Waals surface area contributed by atoms with Gasteiger partial charge in [-0.25, -0.2) is 14.4 Å². The number of imidazole rings is 1. The highest BCUT2D eigenvalue weighted by atomic mass is 127. The lowest BCUT2D eigenvalue weighted by Gasteiger charge is -2.36. The molecule has 3 aromatic rings. The van der Waals surface area contributed by atoms with E-state index < -0.39 is 0 Å². The zero-order valence-corrected chi connectivity index (χ0v) is 18.1. The lowest BCUT2D eigenvalue weighted by atomic mass is 10.2. The van der Waals surface area contributed by atoms with Crippen LogP contribution in [0.4, 0.5) is 10.1 Å². The second-order valence-corrected chi connectivity index (χ2v) is 6.75. The van der Waals surface area contributed by atoms with Crippen molar-refractivity contribution in [1.82, 2.24) is 14.3 Å². The summed E-state index contributed by atoms with van der Waals surface area (Å²) in [5.41, 5.74) is 10.2. The van der Waals surface area contributed by atoms with Gasteiger partial charge in [0.15, 0.2) is 5.96 Å². The number of nitrogens with zero attached hydrogens (tertiary/aromatic N) is 5. The number of nitrogens with two attached hydrogens (primary N) is 1. The van der Waals surface area contributed by atoms with Crippen LogP contribution in [0.5, 0.6) is 0 Å². The van der Waals surface area contributed by atoms with Gasteiger partial charge in [-0.2, -0.15) is 0 Å². The van der Waals surface area contributed by atoms with E-state index in [4.69, 9.17) is 5.73 Å². The van der Waals surface area contributed by atoms with Crippen LogP contribution in [0.25, 0.3) is 5.65 Å². The summed E-state index contributed by atoms with van der Waals surface area (Å²) in [4.78, 5) is 13.4. The molecular formula is C20H24FIN6. The van der Waals surface area contributed by atoms with Gasteiger partial charge in [0.1, 0.15) is 11.5 Å². The minimum atomic E-state index is -0.212. The summed E-state index contributed by atoms with van der Waals surface area (Å²) in [6.07, 6.45) is 2.01. The van der Waals surface area contributed by atoms with Crippen LogP contribution in [0, 0.1) is 12.7 Å². The van der Waals surface area contributed by atoms with Crippen LogP contribution < -0.4 is 10.6 Å². The van der Waals surface area contributed by atoms with E-state index >= 15 is 0 Å². The van der Waals surface area contributed by atoms with E-state index in [-0.39, 0.29) is 29.8 Å². The summed E-state index contributed by atoms with van der Waals surface area (Å²) < 4.78 is 15.1. The second kappa shape index (κ2) is 8.76. The van der Waals surface area contributed by atoms with Gasteiger partial charge in [0.05, 0.1) is 12.2 Å². The maximum atomic E-state index is 13.1. The Hall–Kier alpha value is -2.36. The van der Waals surface area contributed by atoms with Gasteiger partial charge in [0, 0.05) is 43.8 Å². The molecule has 0 atom stereocenters. The largest absolute Gasteiger partial charge is 0.370 e. The monoisotopic (exact) mass is 494 g/mol. The smallest absolute Gasteiger partial charge is 0.191 e. The molecule has 148 valence electrons. The van der Waals surface area contributed by atoms with E-state index in [0.29, 0.717) is 12.5 Å². The molecule has 8 heteroatoms. The van der Waals surface area contributed by atoms with Crippen LogP contribution >= 0.6 is 24.0 Å². The molecule has 0 radical (unpaired) electrons. The third-order valence-electron chi connectivity index (χ3n) is 4.94. The molecule has 0 aliphatic carbocycles. The molecule has 1 saturated heterocycles. The first kappa shape index (κ1) is 20.4. The van der Waals surface area contributed by atoms with Crippen LogP contribution in [0.2, 0.25) is 0 Å². The molecule has 3 heterocycles. The molecule has 0 bridgehead atoms. The molecule has 4 rings (SSSR count). The number of aryl methyl sites for hydroxylation is 1. The summed E-state index contributed by atoms with van der Waals surface area (Å²) in [7, 11) is 0. The molecule has 2 N–H and O–H groups in total. The predicted molar refractivity (Wildman–Crippen MR) is 121 cm³/mol. The third kappa shape index (κ3) is 4.37. The van der Waals surface area contributed by atoms with Crippen molar-refractivity contribution in [3.63, 3.8) is 0 Å². The Morgan fingerprint density at radius 2 is 1.82 bits per heavy atom. The summed E-state index contributed by atoms with van der Waals surface area (Å²) in [5.74, 6) is 0.332. The minimum Gasteiger partial charge on any atom is -0.370 e. The Labute approximate surface area is 180 Å². The zero-order valence-electron chi connectivity index (χ0n) is 15.8. The lowest BCUT2D eigenvalue weighted by molar-refractivity contribution is 0.380. The number of benzene rings is 1. The number of piperazine rings is 1. The van der Waals surface area contributed by atoms with Crippen molar-refractivity contribution in [2.24, 2.45) is 10.7 Å². The van der Waals surface area contributed by atoms with Crippen molar-refractivity contribution in [3.05, 3.63) is 65.9 Å².